The molecule has 0 aromatic carbocycles. The van der Waals surface area contributed by atoms with E-state index in [1.54, 1.807) is 16.7 Å². The first-order chi connectivity index (χ1) is 18.1. The number of guanidine groups is 1. The summed E-state index contributed by atoms with van der Waals surface area (Å²) in [5.74, 6) is -0.0244. The van der Waals surface area contributed by atoms with Gasteiger partial charge in [-0.25, -0.2) is 4.98 Å². The van der Waals surface area contributed by atoms with Gasteiger partial charge in [-0.15, -0.1) is 0 Å². The molecule has 15 heteroatoms. The molecule has 0 saturated heterocycles. The Bertz CT molecular complexity index is 1390. The van der Waals surface area contributed by atoms with Crippen LogP contribution in [0.4, 0.5) is 5.95 Å². The van der Waals surface area contributed by atoms with Gasteiger partial charge in [-0.05, 0) is 78.2 Å². The lowest BCUT2D eigenvalue weighted by atomic mass is 9.69. The second-order valence-electron chi connectivity index (χ2n) is 9.54. The zero-order valence-corrected chi connectivity index (χ0v) is 25.1. The molecule has 1 aliphatic carbocycles. The first-order valence-electron chi connectivity index (χ1n) is 11.9. The van der Waals surface area contributed by atoms with Gasteiger partial charge in [0.15, 0.2) is 11.9 Å². The number of aromatic nitrogens is 4. The number of aliphatic imine (C=N–C) groups is 1. The third-order valence-corrected chi connectivity index (χ3v) is 9.32. The zero-order chi connectivity index (χ0) is 27.1. The number of nitrogen functional groups attached to an aromatic ring is 1. The molecule has 202 valence electrons. The van der Waals surface area contributed by atoms with E-state index in [0.29, 0.717) is 54.0 Å². The molecule has 2 amide bonds. The Labute approximate surface area is 243 Å². The highest BCUT2D eigenvalue weighted by atomic mass is 79.9. The van der Waals surface area contributed by atoms with Crippen LogP contribution in [0.5, 0.6) is 0 Å². The Morgan fingerprint density at radius 3 is 2.53 bits per heavy atom. The molecular weight excluding hydrogens is 688 g/mol. The summed E-state index contributed by atoms with van der Waals surface area (Å²) in [7, 11) is 1.82. The van der Waals surface area contributed by atoms with Crippen molar-refractivity contribution >= 4 is 71.5 Å². The Kier molecular flexibility index (Phi) is 7.60. The molecule has 4 unspecified atom stereocenters. The van der Waals surface area contributed by atoms with Crippen molar-refractivity contribution in [1.82, 2.24) is 35.5 Å². The van der Waals surface area contributed by atoms with Crippen molar-refractivity contribution in [1.29, 1.82) is 0 Å². The smallest absolute Gasteiger partial charge is 0.267 e. The molecule has 3 aromatic heterocycles. The first kappa shape index (κ1) is 26.8. The Morgan fingerprint density at radius 1 is 1.13 bits per heavy atom. The third kappa shape index (κ3) is 5.36. The minimum atomic E-state index is -0.242. The SMILES string of the molecule is Cn1cc(Br)cc1C(=O)NCC1Cc2[nH]c(N)nc2C(C2CN=C(N)N2)C1CNC(=O)c1cc(Br)c(Br)[nH]1. The molecule has 0 saturated carbocycles. The number of fused-ring (bicyclic) bond motifs is 1. The first-order valence-corrected chi connectivity index (χ1v) is 14.3. The van der Waals surface area contributed by atoms with E-state index in [-0.39, 0.29) is 35.6 Å². The number of anilines is 1. The fourth-order valence-electron chi connectivity index (χ4n) is 5.37. The quantitative estimate of drug-likeness (QED) is 0.196. The number of aromatic amines is 2. The number of aryl methyl sites for hydroxylation is 1. The van der Waals surface area contributed by atoms with Gasteiger partial charge in [0.1, 0.15) is 11.4 Å². The molecule has 2 aliphatic rings. The Balaban J connectivity index is 1.41. The topological polar surface area (TPSA) is 184 Å². The fourth-order valence-corrected chi connectivity index (χ4v) is 6.55. The van der Waals surface area contributed by atoms with E-state index in [9.17, 15) is 9.59 Å². The molecule has 4 heterocycles. The molecule has 0 spiro atoms. The summed E-state index contributed by atoms with van der Waals surface area (Å²) in [6, 6.07) is 3.36. The maximum absolute atomic E-state index is 13.0. The molecule has 5 rings (SSSR count). The summed E-state index contributed by atoms with van der Waals surface area (Å²) in [6.07, 6.45) is 2.44. The number of rotatable bonds is 7. The van der Waals surface area contributed by atoms with Crippen molar-refractivity contribution in [2.24, 2.45) is 29.6 Å². The van der Waals surface area contributed by atoms with Crippen LogP contribution < -0.4 is 27.4 Å². The van der Waals surface area contributed by atoms with Crippen molar-refractivity contribution in [3.05, 3.63) is 54.7 Å². The van der Waals surface area contributed by atoms with Crippen LogP contribution >= 0.6 is 47.8 Å². The van der Waals surface area contributed by atoms with Crippen LogP contribution in [0.2, 0.25) is 0 Å². The van der Waals surface area contributed by atoms with Gasteiger partial charge < -0.3 is 42.0 Å². The van der Waals surface area contributed by atoms with Crippen LogP contribution in [0.15, 0.2) is 36.9 Å². The van der Waals surface area contributed by atoms with E-state index in [4.69, 9.17) is 11.5 Å². The van der Waals surface area contributed by atoms with Gasteiger partial charge in [0.2, 0.25) is 0 Å². The summed E-state index contributed by atoms with van der Waals surface area (Å²) in [4.78, 5) is 41.2. The molecule has 12 nitrogen and oxygen atoms in total. The molecule has 0 bridgehead atoms. The number of nitrogens with zero attached hydrogens (tertiary/aromatic N) is 3. The number of hydrogen-bond donors (Lipinski definition) is 7. The molecule has 9 N–H and O–H groups in total. The number of carbonyl (C=O) groups excluding carboxylic acids is 2. The highest BCUT2D eigenvalue weighted by Crippen LogP contribution is 2.41. The van der Waals surface area contributed by atoms with Crippen LogP contribution in [-0.2, 0) is 13.5 Å². The number of H-pyrrole nitrogens is 2. The van der Waals surface area contributed by atoms with Crippen LogP contribution in [-0.4, -0.2) is 63.0 Å². The van der Waals surface area contributed by atoms with Gasteiger partial charge in [0.05, 0.1) is 27.4 Å². The lowest BCUT2D eigenvalue weighted by molar-refractivity contribution is 0.0896. The number of halogens is 3. The number of hydrogen-bond acceptors (Lipinski definition) is 7. The van der Waals surface area contributed by atoms with Gasteiger partial charge in [0, 0.05) is 42.4 Å². The van der Waals surface area contributed by atoms with Gasteiger partial charge in [-0.3, -0.25) is 14.6 Å². The summed E-state index contributed by atoms with van der Waals surface area (Å²) in [5.41, 5.74) is 14.8. The maximum Gasteiger partial charge on any atom is 0.267 e. The van der Waals surface area contributed by atoms with Gasteiger partial charge >= 0.3 is 0 Å². The third-order valence-electron chi connectivity index (χ3n) is 7.10. The summed E-state index contributed by atoms with van der Waals surface area (Å²) >= 11 is 10.2. The molecule has 3 aromatic rings. The number of nitrogens with one attached hydrogen (secondary N) is 5. The van der Waals surface area contributed by atoms with Crippen LogP contribution in [0.3, 0.4) is 0 Å². The highest BCUT2D eigenvalue weighted by Gasteiger charge is 2.44. The predicted molar refractivity (Wildman–Crippen MR) is 154 cm³/mol. The van der Waals surface area contributed by atoms with Crippen molar-refractivity contribution in [2.45, 2.75) is 18.4 Å². The maximum atomic E-state index is 13.0. The number of imidazole rings is 1. The van der Waals surface area contributed by atoms with Gasteiger partial charge in [-0.2, -0.15) is 0 Å². The zero-order valence-electron chi connectivity index (χ0n) is 20.3. The molecule has 4 atom stereocenters. The van der Waals surface area contributed by atoms with Gasteiger partial charge in [-0.1, -0.05) is 0 Å². The van der Waals surface area contributed by atoms with E-state index in [1.807, 2.05) is 13.2 Å². The number of nitrogens with two attached hydrogens (primary N) is 2. The second-order valence-corrected chi connectivity index (χ2v) is 12.1. The molecular formula is C23H27Br3N10O2. The van der Waals surface area contributed by atoms with E-state index in [0.717, 1.165) is 20.3 Å². The fraction of sp³-hybridized carbons (Fsp3) is 0.391. The van der Waals surface area contributed by atoms with E-state index in [2.05, 4.69) is 83.7 Å². The van der Waals surface area contributed by atoms with E-state index < -0.39 is 0 Å². The lowest BCUT2D eigenvalue weighted by Crippen LogP contribution is -2.50. The van der Waals surface area contributed by atoms with Crippen LogP contribution in [0.1, 0.15) is 38.3 Å². The number of carbonyl (C=O) groups is 2. The second kappa shape index (κ2) is 10.8. The summed E-state index contributed by atoms with van der Waals surface area (Å²) in [6.45, 7) is 1.21. The molecule has 0 fully saturated rings. The molecule has 38 heavy (non-hydrogen) atoms. The largest absolute Gasteiger partial charge is 0.370 e. The summed E-state index contributed by atoms with van der Waals surface area (Å²) in [5, 5.41) is 9.42. The molecule has 0 radical (unpaired) electrons. The monoisotopic (exact) mass is 712 g/mol. The predicted octanol–water partition coefficient (Wildman–Crippen LogP) is 1.96. The summed E-state index contributed by atoms with van der Waals surface area (Å²) < 4.78 is 4.04. The van der Waals surface area contributed by atoms with E-state index >= 15 is 0 Å². The van der Waals surface area contributed by atoms with Crippen LogP contribution in [0.25, 0.3) is 0 Å². The lowest BCUT2D eigenvalue weighted by Gasteiger charge is -2.40. The van der Waals surface area contributed by atoms with Crippen molar-refractivity contribution in [3.63, 3.8) is 0 Å². The number of amides is 2. The average molecular weight is 715 g/mol. The minimum Gasteiger partial charge on any atom is -0.370 e. The Hall–Kier alpha value is -2.78. The van der Waals surface area contributed by atoms with Gasteiger partial charge in [0.25, 0.3) is 11.8 Å². The van der Waals surface area contributed by atoms with E-state index in [1.165, 1.54) is 0 Å². The van der Waals surface area contributed by atoms with Crippen molar-refractivity contribution < 1.29 is 9.59 Å². The standard InChI is InChI=1S/C23H27Br3N10O2/c1-36-8-10(24)3-16(36)21(38)29-5-9-2-13-18(35-23(28)33-13)17(15-7-31-22(27)34-15)11(9)6-30-20(37)14-4-12(25)19(26)32-14/h3-4,8-9,11,15,17,32H,2,5-7H2,1H3,(H,29,38)(H,30,37)(H3,27,31,34)(H3,28,33,35). The molecule has 1 aliphatic heterocycles. The minimum absolute atomic E-state index is 0.0361. The normalized spacial score (nSPS) is 22.5. The Morgan fingerprint density at radius 2 is 1.89 bits per heavy atom. The highest BCUT2D eigenvalue weighted by molar-refractivity contribution is 9.13. The van der Waals surface area contributed by atoms with Crippen molar-refractivity contribution in [2.75, 3.05) is 25.4 Å². The van der Waals surface area contributed by atoms with Crippen molar-refractivity contribution in [3.8, 4) is 0 Å². The average Bonchev–Trinajstić information content (AvgIpc) is 3.62. The van der Waals surface area contributed by atoms with Crippen LogP contribution in [0, 0.1) is 11.8 Å².